The van der Waals surface area contributed by atoms with E-state index in [9.17, 15) is 9.59 Å². The standard InChI is InChI=1S/C28H27ClN2O2S/c29-21-14-11-19(12-15-21)18-31-24-17-20(27(32)30-22-7-3-1-2-4-8-22)13-16-26(24)34-25-10-6-5-9-23(25)28(31)33/h5-6,9-17,22H,1-4,7-8,18H2,(H,30,32). The first-order valence-electron chi connectivity index (χ1n) is 11.9. The van der Waals surface area contributed by atoms with Gasteiger partial charge in [0.05, 0.1) is 17.8 Å². The number of hydrogen-bond acceptors (Lipinski definition) is 3. The number of carbonyl (C=O) groups is 2. The predicted molar refractivity (Wildman–Crippen MR) is 138 cm³/mol. The predicted octanol–water partition coefficient (Wildman–Crippen LogP) is 7.10. The fourth-order valence-electron chi connectivity index (χ4n) is 4.68. The summed E-state index contributed by atoms with van der Waals surface area (Å²) in [5, 5.41) is 3.89. The van der Waals surface area contributed by atoms with Crippen LogP contribution in [0.3, 0.4) is 0 Å². The van der Waals surface area contributed by atoms with E-state index in [1.807, 2.05) is 66.7 Å². The lowest BCUT2D eigenvalue weighted by Gasteiger charge is -2.24. The summed E-state index contributed by atoms with van der Waals surface area (Å²) in [6, 6.07) is 21.1. The van der Waals surface area contributed by atoms with Gasteiger partial charge in [-0.1, -0.05) is 73.3 Å². The third kappa shape index (κ3) is 5.01. The lowest BCUT2D eigenvalue weighted by Crippen LogP contribution is -2.35. The fraction of sp³-hybridized carbons (Fsp3) is 0.286. The molecule has 4 nitrogen and oxygen atoms in total. The Bertz CT molecular complexity index is 1200. The molecule has 0 atom stereocenters. The van der Waals surface area contributed by atoms with Crippen LogP contribution in [0.5, 0.6) is 0 Å². The SMILES string of the molecule is O=C(NC1CCCCCC1)c1ccc2c(c1)N(Cc1ccc(Cl)cc1)C(=O)c1ccccc1S2. The highest BCUT2D eigenvalue weighted by atomic mass is 35.5. The molecule has 1 aliphatic carbocycles. The highest BCUT2D eigenvalue weighted by molar-refractivity contribution is 7.99. The normalized spacial score (nSPS) is 16.3. The lowest BCUT2D eigenvalue weighted by molar-refractivity contribution is 0.0931. The number of rotatable bonds is 4. The number of nitrogens with one attached hydrogen (secondary N) is 1. The molecule has 3 aromatic rings. The quantitative estimate of drug-likeness (QED) is 0.396. The Morgan fingerprint density at radius 2 is 1.68 bits per heavy atom. The molecule has 34 heavy (non-hydrogen) atoms. The highest BCUT2D eigenvalue weighted by Crippen LogP contribution is 2.42. The number of anilines is 1. The van der Waals surface area contributed by atoms with Crippen molar-refractivity contribution in [3.63, 3.8) is 0 Å². The van der Waals surface area contributed by atoms with Gasteiger partial charge in [0.2, 0.25) is 0 Å². The molecule has 174 valence electrons. The summed E-state index contributed by atoms with van der Waals surface area (Å²) in [7, 11) is 0. The maximum Gasteiger partial charge on any atom is 0.259 e. The van der Waals surface area contributed by atoms with Crippen LogP contribution < -0.4 is 10.2 Å². The van der Waals surface area contributed by atoms with Crippen LogP contribution in [-0.4, -0.2) is 17.9 Å². The molecule has 2 aliphatic rings. The molecule has 3 aromatic carbocycles. The minimum atomic E-state index is -0.0712. The first-order chi connectivity index (χ1) is 16.6. The summed E-state index contributed by atoms with van der Waals surface area (Å²) >= 11 is 7.64. The Morgan fingerprint density at radius 3 is 2.44 bits per heavy atom. The van der Waals surface area contributed by atoms with Crippen LogP contribution in [0.1, 0.15) is 64.8 Å². The number of carbonyl (C=O) groups excluding carboxylic acids is 2. The van der Waals surface area contributed by atoms with Gasteiger partial charge in [0.1, 0.15) is 0 Å². The average molecular weight is 491 g/mol. The fourth-order valence-corrected chi connectivity index (χ4v) is 5.87. The third-order valence-corrected chi connectivity index (χ3v) is 7.93. The van der Waals surface area contributed by atoms with E-state index in [-0.39, 0.29) is 17.9 Å². The van der Waals surface area contributed by atoms with Gasteiger partial charge in [-0.25, -0.2) is 0 Å². The van der Waals surface area contributed by atoms with Crippen molar-refractivity contribution in [2.24, 2.45) is 0 Å². The number of halogens is 1. The Labute approximate surface area is 209 Å². The van der Waals surface area contributed by atoms with Gasteiger partial charge in [0.15, 0.2) is 0 Å². The molecule has 0 unspecified atom stereocenters. The number of amides is 2. The maximum atomic E-state index is 13.7. The van der Waals surface area contributed by atoms with Crippen molar-refractivity contribution >= 4 is 40.9 Å². The van der Waals surface area contributed by atoms with Crippen LogP contribution in [0.2, 0.25) is 5.02 Å². The zero-order valence-electron chi connectivity index (χ0n) is 18.9. The second-order valence-electron chi connectivity index (χ2n) is 8.96. The molecule has 5 rings (SSSR count). The Kier molecular flexibility index (Phi) is 6.93. The average Bonchev–Trinajstić information content (AvgIpc) is 3.17. The van der Waals surface area contributed by atoms with Crippen molar-refractivity contribution in [2.45, 2.75) is 60.9 Å². The monoisotopic (exact) mass is 490 g/mol. The van der Waals surface area contributed by atoms with E-state index in [4.69, 9.17) is 11.6 Å². The van der Waals surface area contributed by atoms with Gasteiger partial charge in [-0.05, 0) is 60.9 Å². The molecule has 0 radical (unpaired) electrons. The molecule has 1 fully saturated rings. The number of hydrogen-bond donors (Lipinski definition) is 1. The van der Waals surface area contributed by atoms with Crippen LogP contribution in [0.25, 0.3) is 0 Å². The molecule has 1 aliphatic heterocycles. The molecule has 2 amide bonds. The maximum absolute atomic E-state index is 13.7. The molecule has 1 saturated carbocycles. The summed E-state index contributed by atoms with van der Waals surface area (Å²) in [4.78, 5) is 30.5. The van der Waals surface area contributed by atoms with E-state index in [0.717, 1.165) is 46.7 Å². The highest BCUT2D eigenvalue weighted by Gasteiger charge is 2.28. The summed E-state index contributed by atoms with van der Waals surface area (Å²) in [5.74, 6) is -0.140. The van der Waals surface area contributed by atoms with Crippen LogP contribution >= 0.6 is 23.4 Å². The van der Waals surface area contributed by atoms with Gasteiger partial charge in [-0.3, -0.25) is 9.59 Å². The Balaban J connectivity index is 1.50. The van der Waals surface area contributed by atoms with E-state index >= 15 is 0 Å². The summed E-state index contributed by atoms with van der Waals surface area (Å²) in [6.07, 6.45) is 6.86. The molecule has 1 heterocycles. The van der Waals surface area contributed by atoms with Crippen molar-refractivity contribution < 1.29 is 9.59 Å². The smallest absolute Gasteiger partial charge is 0.259 e. The van der Waals surface area contributed by atoms with E-state index in [1.54, 1.807) is 16.7 Å². The molecular formula is C28H27ClN2O2S. The summed E-state index contributed by atoms with van der Waals surface area (Å²) in [6.45, 7) is 0.394. The Hall–Kier alpha value is -2.76. The Morgan fingerprint density at radius 1 is 0.941 bits per heavy atom. The third-order valence-electron chi connectivity index (χ3n) is 6.54. The molecule has 0 aromatic heterocycles. The molecular weight excluding hydrogens is 464 g/mol. The van der Waals surface area contributed by atoms with E-state index in [2.05, 4.69) is 5.32 Å². The molecule has 0 saturated heterocycles. The van der Waals surface area contributed by atoms with E-state index in [1.165, 1.54) is 12.8 Å². The van der Waals surface area contributed by atoms with Crippen molar-refractivity contribution in [2.75, 3.05) is 4.90 Å². The zero-order chi connectivity index (χ0) is 23.5. The van der Waals surface area contributed by atoms with Gasteiger partial charge < -0.3 is 10.2 Å². The number of fused-ring (bicyclic) bond motifs is 2. The molecule has 6 heteroatoms. The van der Waals surface area contributed by atoms with Crippen LogP contribution in [0, 0.1) is 0 Å². The lowest BCUT2D eigenvalue weighted by atomic mass is 10.1. The van der Waals surface area contributed by atoms with Gasteiger partial charge in [0, 0.05) is 26.4 Å². The minimum absolute atomic E-state index is 0.0691. The van der Waals surface area contributed by atoms with Crippen LogP contribution in [0.4, 0.5) is 5.69 Å². The number of nitrogens with zero attached hydrogens (tertiary/aromatic N) is 1. The van der Waals surface area contributed by atoms with Crippen LogP contribution in [0.15, 0.2) is 76.5 Å². The van der Waals surface area contributed by atoms with Gasteiger partial charge in [-0.15, -0.1) is 0 Å². The largest absolute Gasteiger partial charge is 0.349 e. The van der Waals surface area contributed by atoms with E-state index < -0.39 is 0 Å². The number of benzene rings is 3. The second kappa shape index (κ2) is 10.2. The molecule has 0 bridgehead atoms. The molecule has 0 spiro atoms. The first-order valence-corrected chi connectivity index (χ1v) is 13.1. The summed E-state index contributed by atoms with van der Waals surface area (Å²) in [5.41, 5.74) is 2.99. The van der Waals surface area contributed by atoms with E-state index in [0.29, 0.717) is 22.7 Å². The summed E-state index contributed by atoms with van der Waals surface area (Å²) < 4.78 is 0. The van der Waals surface area contributed by atoms with Crippen molar-refractivity contribution in [1.29, 1.82) is 0 Å². The van der Waals surface area contributed by atoms with Crippen LogP contribution in [-0.2, 0) is 6.54 Å². The second-order valence-corrected chi connectivity index (χ2v) is 10.5. The zero-order valence-corrected chi connectivity index (χ0v) is 20.5. The topological polar surface area (TPSA) is 49.4 Å². The first kappa shape index (κ1) is 23.0. The van der Waals surface area contributed by atoms with Crippen molar-refractivity contribution in [3.05, 3.63) is 88.4 Å². The minimum Gasteiger partial charge on any atom is -0.349 e. The van der Waals surface area contributed by atoms with Crippen molar-refractivity contribution in [3.8, 4) is 0 Å². The van der Waals surface area contributed by atoms with Gasteiger partial charge >= 0.3 is 0 Å². The molecule has 1 N–H and O–H groups in total. The van der Waals surface area contributed by atoms with Gasteiger partial charge in [-0.2, -0.15) is 0 Å². The van der Waals surface area contributed by atoms with Crippen molar-refractivity contribution in [1.82, 2.24) is 5.32 Å². The van der Waals surface area contributed by atoms with Gasteiger partial charge in [0.25, 0.3) is 11.8 Å².